The minimum absolute atomic E-state index is 0.174. The Labute approximate surface area is 103 Å². The standard InChI is InChI=1S/C14H21FO2/c1-4-7-8-9-10-11-12(5-2)13(15)14(16)17-6-3/h4-9H2,1-3H3/b13-12+. The van der Waals surface area contributed by atoms with Crippen LogP contribution in [-0.2, 0) is 9.53 Å². The summed E-state index contributed by atoms with van der Waals surface area (Å²) in [6.45, 7) is 5.71. The minimum Gasteiger partial charge on any atom is -0.461 e. The van der Waals surface area contributed by atoms with Gasteiger partial charge in [-0.25, -0.2) is 4.79 Å². The van der Waals surface area contributed by atoms with E-state index in [1.54, 1.807) is 13.8 Å². The van der Waals surface area contributed by atoms with Gasteiger partial charge in [0.05, 0.1) is 6.61 Å². The average Bonchev–Trinajstić information content (AvgIpc) is 2.33. The highest BCUT2D eigenvalue weighted by molar-refractivity contribution is 5.87. The van der Waals surface area contributed by atoms with E-state index in [4.69, 9.17) is 0 Å². The number of hydrogen-bond acceptors (Lipinski definition) is 2. The van der Waals surface area contributed by atoms with Crippen LogP contribution in [0.4, 0.5) is 4.39 Å². The molecule has 0 saturated carbocycles. The van der Waals surface area contributed by atoms with Crippen LogP contribution in [0.2, 0.25) is 0 Å². The van der Waals surface area contributed by atoms with Crippen molar-refractivity contribution in [3.05, 3.63) is 11.4 Å². The quantitative estimate of drug-likeness (QED) is 0.306. The van der Waals surface area contributed by atoms with Crippen LogP contribution in [-0.4, -0.2) is 12.6 Å². The third-order valence-electron chi connectivity index (χ3n) is 2.22. The Morgan fingerprint density at radius 1 is 1.24 bits per heavy atom. The van der Waals surface area contributed by atoms with E-state index in [1.807, 2.05) is 0 Å². The third-order valence-corrected chi connectivity index (χ3v) is 2.22. The molecule has 0 aliphatic rings. The van der Waals surface area contributed by atoms with E-state index < -0.39 is 11.8 Å². The van der Waals surface area contributed by atoms with Gasteiger partial charge >= 0.3 is 5.97 Å². The lowest BCUT2D eigenvalue weighted by molar-refractivity contribution is -0.140. The van der Waals surface area contributed by atoms with Gasteiger partial charge in [0.1, 0.15) is 0 Å². The Bertz CT molecular complexity index is 321. The number of unbranched alkanes of at least 4 members (excludes halogenated alkanes) is 3. The number of rotatable bonds is 6. The van der Waals surface area contributed by atoms with Gasteiger partial charge in [-0.3, -0.25) is 0 Å². The topological polar surface area (TPSA) is 26.3 Å². The first-order chi connectivity index (χ1) is 8.17. The molecular weight excluding hydrogens is 219 g/mol. The van der Waals surface area contributed by atoms with Crippen LogP contribution in [0, 0.1) is 11.8 Å². The molecule has 2 nitrogen and oxygen atoms in total. The van der Waals surface area contributed by atoms with Crippen LogP contribution in [0.1, 0.15) is 52.9 Å². The van der Waals surface area contributed by atoms with Crippen LogP contribution in [0.25, 0.3) is 0 Å². The smallest absolute Gasteiger partial charge is 0.368 e. The molecule has 0 aromatic heterocycles. The molecule has 0 heterocycles. The maximum absolute atomic E-state index is 13.5. The van der Waals surface area contributed by atoms with Gasteiger partial charge in [-0.05, 0) is 19.8 Å². The van der Waals surface area contributed by atoms with E-state index in [2.05, 4.69) is 23.5 Å². The van der Waals surface area contributed by atoms with E-state index in [9.17, 15) is 9.18 Å². The maximum Gasteiger partial charge on any atom is 0.368 e. The highest BCUT2D eigenvalue weighted by Gasteiger charge is 2.13. The molecule has 17 heavy (non-hydrogen) atoms. The fourth-order valence-corrected chi connectivity index (χ4v) is 1.25. The first-order valence-corrected chi connectivity index (χ1v) is 6.21. The SMILES string of the molecule is CCCCCC#C/C(CC)=C(/F)C(=O)OCC. The molecule has 0 amide bonds. The molecule has 0 bridgehead atoms. The number of hydrogen-bond donors (Lipinski definition) is 0. The van der Waals surface area contributed by atoms with Crippen molar-refractivity contribution < 1.29 is 13.9 Å². The summed E-state index contributed by atoms with van der Waals surface area (Å²) in [7, 11) is 0. The third kappa shape index (κ3) is 6.78. The maximum atomic E-state index is 13.5. The summed E-state index contributed by atoms with van der Waals surface area (Å²) < 4.78 is 18.1. The molecule has 0 aromatic carbocycles. The zero-order valence-electron chi connectivity index (χ0n) is 10.9. The van der Waals surface area contributed by atoms with E-state index in [0.717, 1.165) is 25.7 Å². The van der Waals surface area contributed by atoms with E-state index >= 15 is 0 Å². The van der Waals surface area contributed by atoms with Gasteiger partial charge in [0.25, 0.3) is 0 Å². The van der Waals surface area contributed by atoms with Crippen LogP contribution in [0.15, 0.2) is 11.4 Å². The molecule has 0 rings (SSSR count). The Kier molecular flexibility index (Phi) is 9.14. The zero-order chi connectivity index (χ0) is 13.1. The Hall–Kier alpha value is -1.30. The summed E-state index contributed by atoms with van der Waals surface area (Å²) in [5.41, 5.74) is 0.236. The van der Waals surface area contributed by atoms with Crippen molar-refractivity contribution >= 4 is 5.97 Å². The number of carbonyl (C=O) groups is 1. The second-order valence-electron chi connectivity index (χ2n) is 3.63. The van der Waals surface area contributed by atoms with Crippen LogP contribution in [0.5, 0.6) is 0 Å². The number of ether oxygens (including phenoxy) is 1. The largest absolute Gasteiger partial charge is 0.461 e. The number of carbonyl (C=O) groups excluding carboxylic acids is 1. The molecule has 0 aliphatic carbocycles. The van der Waals surface area contributed by atoms with Crippen LogP contribution in [0.3, 0.4) is 0 Å². The molecule has 0 unspecified atom stereocenters. The Balaban J connectivity index is 4.47. The Morgan fingerprint density at radius 2 is 1.94 bits per heavy atom. The van der Waals surface area contributed by atoms with Gasteiger partial charge in [0.2, 0.25) is 5.83 Å². The first-order valence-electron chi connectivity index (χ1n) is 6.21. The molecule has 0 atom stereocenters. The molecule has 96 valence electrons. The monoisotopic (exact) mass is 240 g/mol. The highest BCUT2D eigenvalue weighted by Crippen LogP contribution is 2.11. The fraction of sp³-hybridized carbons (Fsp3) is 0.643. The van der Waals surface area contributed by atoms with Crippen LogP contribution < -0.4 is 0 Å². The lowest BCUT2D eigenvalue weighted by Gasteiger charge is -2.00. The van der Waals surface area contributed by atoms with E-state index in [0.29, 0.717) is 6.42 Å². The highest BCUT2D eigenvalue weighted by atomic mass is 19.1. The lowest BCUT2D eigenvalue weighted by atomic mass is 10.1. The minimum atomic E-state index is -0.910. The predicted octanol–water partition coefficient (Wildman–Crippen LogP) is 3.77. The molecule has 0 radical (unpaired) electrons. The summed E-state index contributed by atoms with van der Waals surface area (Å²) in [6, 6.07) is 0. The van der Waals surface area contributed by atoms with Gasteiger partial charge in [-0.2, -0.15) is 4.39 Å². The normalized spacial score (nSPS) is 11.3. The van der Waals surface area contributed by atoms with Gasteiger partial charge in [-0.15, -0.1) is 0 Å². The van der Waals surface area contributed by atoms with Gasteiger partial charge in [-0.1, -0.05) is 38.5 Å². The first kappa shape index (κ1) is 15.7. The van der Waals surface area contributed by atoms with Crippen LogP contribution >= 0.6 is 0 Å². The summed E-state index contributed by atoms with van der Waals surface area (Å²) in [5.74, 6) is 3.85. The number of halogens is 1. The lowest BCUT2D eigenvalue weighted by Crippen LogP contribution is -2.06. The second-order valence-corrected chi connectivity index (χ2v) is 3.63. The molecule has 0 spiro atoms. The summed E-state index contributed by atoms with van der Waals surface area (Å²) in [4.78, 5) is 11.2. The van der Waals surface area contributed by atoms with Crippen molar-refractivity contribution in [2.45, 2.75) is 52.9 Å². The summed E-state index contributed by atoms with van der Waals surface area (Å²) >= 11 is 0. The van der Waals surface area contributed by atoms with Crippen molar-refractivity contribution in [3.63, 3.8) is 0 Å². The molecular formula is C14H21FO2. The van der Waals surface area contributed by atoms with E-state index in [-0.39, 0.29) is 12.2 Å². The zero-order valence-corrected chi connectivity index (χ0v) is 10.9. The van der Waals surface area contributed by atoms with Gasteiger partial charge in [0, 0.05) is 12.0 Å². The predicted molar refractivity (Wildman–Crippen MR) is 67.0 cm³/mol. The molecule has 0 fully saturated rings. The van der Waals surface area contributed by atoms with E-state index in [1.165, 1.54) is 0 Å². The molecule has 3 heteroatoms. The summed E-state index contributed by atoms with van der Waals surface area (Å²) in [5, 5.41) is 0. The van der Waals surface area contributed by atoms with Crippen molar-refractivity contribution in [1.29, 1.82) is 0 Å². The fourth-order valence-electron chi connectivity index (χ4n) is 1.25. The Morgan fingerprint density at radius 3 is 2.47 bits per heavy atom. The number of allylic oxidation sites excluding steroid dienone is 1. The molecule has 0 N–H and O–H groups in total. The average molecular weight is 240 g/mol. The van der Waals surface area contributed by atoms with Gasteiger partial charge in [0.15, 0.2) is 0 Å². The van der Waals surface area contributed by atoms with Gasteiger partial charge < -0.3 is 4.74 Å². The van der Waals surface area contributed by atoms with Crippen molar-refractivity contribution in [3.8, 4) is 11.8 Å². The van der Waals surface area contributed by atoms with Crippen molar-refractivity contribution in [1.82, 2.24) is 0 Å². The molecule has 0 aliphatic heterocycles. The summed E-state index contributed by atoms with van der Waals surface area (Å²) in [6.07, 6.45) is 4.43. The van der Waals surface area contributed by atoms with Crippen molar-refractivity contribution in [2.24, 2.45) is 0 Å². The van der Waals surface area contributed by atoms with Crippen molar-refractivity contribution in [2.75, 3.05) is 6.61 Å². The number of esters is 1. The molecule has 0 saturated heterocycles. The second kappa shape index (κ2) is 9.89. The molecule has 0 aromatic rings.